The van der Waals surface area contributed by atoms with E-state index in [1.807, 2.05) is 0 Å². The van der Waals surface area contributed by atoms with Gasteiger partial charge in [0.1, 0.15) is 0 Å². The van der Waals surface area contributed by atoms with Crippen molar-refractivity contribution in [2.24, 2.45) is 11.8 Å². The van der Waals surface area contributed by atoms with Gasteiger partial charge in [-0.15, -0.1) is 23.5 Å². The Hall–Kier alpha value is -0.897. The molecule has 2 aliphatic carbocycles. The summed E-state index contributed by atoms with van der Waals surface area (Å²) >= 11 is 1.52. The van der Waals surface area contributed by atoms with Gasteiger partial charge < -0.3 is 0 Å². The van der Waals surface area contributed by atoms with Crippen LogP contribution in [0.4, 0.5) is 0 Å². The van der Waals surface area contributed by atoms with Crippen molar-refractivity contribution in [1.82, 2.24) is 0 Å². The van der Waals surface area contributed by atoms with Gasteiger partial charge >= 0.3 is 42.8 Å². The molecule has 2 atom stereocenters. The molecule has 0 heterocycles. The van der Waals surface area contributed by atoms with Crippen molar-refractivity contribution in [3.63, 3.8) is 0 Å². The summed E-state index contributed by atoms with van der Waals surface area (Å²) in [5, 5.41) is 0. The maximum absolute atomic E-state index is 3.43. The molecule has 2 aliphatic rings. The van der Waals surface area contributed by atoms with Crippen LogP contribution in [0.15, 0.2) is 71.8 Å². The summed E-state index contributed by atoms with van der Waals surface area (Å²) in [6, 6.07) is 17.6. The van der Waals surface area contributed by atoms with E-state index in [9.17, 15) is 0 Å². The van der Waals surface area contributed by atoms with Crippen LogP contribution in [0.3, 0.4) is 0 Å². The molecule has 0 radical (unpaired) electrons. The van der Waals surface area contributed by atoms with Crippen LogP contribution >= 0.6 is 12.4 Å². The monoisotopic (exact) mass is 714 g/mol. The molecular formula is C32H41ClGeHf. The average Bonchev–Trinajstić information content (AvgIpc) is 3.33. The molecule has 4 rings (SSSR count). The Balaban J connectivity index is 0.000000297. The second kappa shape index (κ2) is 16.1. The summed E-state index contributed by atoms with van der Waals surface area (Å²) in [6.45, 7) is 13.0. The van der Waals surface area contributed by atoms with Gasteiger partial charge in [-0.2, -0.15) is 23.3 Å². The van der Waals surface area contributed by atoms with Crippen LogP contribution in [0.1, 0.15) is 63.8 Å². The van der Waals surface area contributed by atoms with Gasteiger partial charge in [0.05, 0.1) is 0 Å². The van der Waals surface area contributed by atoms with Gasteiger partial charge in [-0.25, -0.2) is 11.1 Å². The van der Waals surface area contributed by atoms with Crippen molar-refractivity contribution < 1.29 is 21.3 Å². The number of aryl methyl sites for hydroxylation is 2. The third kappa shape index (κ3) is 10.5. The maximum atomic E-state index is 3.43. The first-order valence-electron chi connectivity index (χ1n) is 12.5. The molecule has 0 amide bonds. The third-order valence-electron chi connectivity index (χ3n) is 5.82. The SMILES string of the molecule is CCc1cccc(C2=CC(C)[C-]=C2C)c1.CCc1cccc(C2=CC(C)[C-]=C2C)c1.Cl.[CH3][Ge]([CH3])=[Hf+2]. The zero-order valence-electron chi connectivity index (χ0n) is 22.8. The standard InChI is InChI=1S/2C15H17.C2H6Ge.ClH.Hf/c2*1-4-13-6-5-7-14(10-13)15-9-11(2)8-12(15)3;1-3-2;;/h2*5-7,9-11H,4H2,1-3H3;1-2H3;1H;/q2*-1;;;+2. The molecule has 0 saturated heterocycles. The van der Waals surface area contributed by atoms with Gasteiger partial charge in [0.25, 0.3) is 0 Å². The molecule has 35 heavy (non-hydrogen) atoms. The molecule has 0 spiro atoms. The molecule has 3 heteroatoms. The van der Waals surface area contributed by atoms with Crippen LogP contribution in [-0.2, 0) is 34.1 Å². The molecule has 2 aromatic rings. The molecular weight excluding hydrogens is 671 g/mol. The summed E-state index contributed by atoms with van der Waals surface area (Å²) in [5.74, 6) is 5.72. The fraction of sp³-hybridized carbons (Fsp3) is 0.375. The van der Waals surface area contributed by atoms with Crippen molar-refractivity contribution in [1.29, 1.82) is 0 Å². The van der Waals surface area contributed by atoms with Crippen LogP contribution in [0.5, 0.6) is 0 Å². The zero-order valence-corrected chi connectivity index (χ0v) is 29.3. The van der Waals surface area contributed by atoms with Gasteiger partial charge in [0.2, 0.25) is 0 Å². The van der Waals surface area contributed by atoms with Gasteiger partial charge in [-0.1, -0.05) is 102 Å². The molecule has 184 valence electrons. The van der Waals surface area contributed by atoms with Gasteiger partial charge in [0, 0.05) is 0 Å². The summed E-state index contributed by atoms with van der Waals surface area (Å²) in [6.07, 6.45) is 13.6. The molecule has 0 aliphatic heterocycles. The number of halogens is 1. The quantitative estimate of drug-likeness (QED) is 0.219. The molecule has 0 nitrogen and oxygen atoms in total. The van der Waals surface area contributed by atoms with Crippen LogP contribution in [0.2, 0.25) is 11.5 Å². The Morgan fingerprint density at radius 2 is 1.09 bits per heavy atom. The van der Waals surface area contributed by atoms with Crippen molar-refractivity contribution in [2.45, 2.75) is 65.9 Å². The van der Waals surface area contributed by atoms with Crippen LogP contribution < -0.4 is 0 Å². The van der Waals surface area contributed by atoms with Crippen molar-refractivity contribution >= 4 is 33.6 Å². The minimum absolute atomic E-state index is 0. The second-order valence-electron chi connectivity index (χ2n) is 9.38. The fourth-order valence-electron chi connectivity index (χ4n) is 4.21. The number of rotatable bonds is 4. The topological polar surface area (TPSA) is 0 Å². The predicted molar refractivity (Wildman–Crippen MR) is 156 cm³/mol. The molecule has 2 unspecified atom stereocenters. The summed E-state index contributed by atoms with van der Waals surface area (Å²) in [7, 11) is -0.194. The van der Waals surface area contributed by atoms with E-state index < -0.39 is 0 Å². The van der Waals surface area contributed by atoms with Crippen molar-refractivity contribution in [2.75, 3.05) is 0 Å². The van der Waals surface area contributed by atoms with Gasteiger partial charge in [-0.05, 0) is 24.0 Å². The number of hydrogen-bond donors (Lipinski definition) is 0. The van der Waals surface area contributed by atoms with Crippen LogP contribution in [-0.4, -0.2) is 10.1 Å². The van der Waals surface area contributed by atoms with E-state index in [1.165, 1.54) is 65.8 Å². The van der Waals surface area contributed by atoms with E-state index in [-0.39, 0.29) is 22.5 Å². The number of benzene rings is 2. The van der Waals surface area contributed by atoms with Gasteiger partial charge in [0.15, 0.2) is 0 Å². The van der Waals surface area contributed by atoms with Crippen LogP contribution in [0.25, 0.3) is 11.1 Å². The van der Waals surface area contributed by atoms with E-state index >= 15 is 0 Å². The number of allylic oxidation sites excluding steroid dienone is 8. The zero-order chi connectivity index (χ0) is 25.3. The van der Waals surface area contributed by atoms with E-state index in [4.69, 9.17) is 0 Å². The Kier molecular flexibility index (Phi) is 14.7. The molecule has 0 saturated carbocycles. The predicted octanol–water partition coefficient (Wildman–Crippen LogP) is 9.27. The summed E-state index contributed by atoms with van der Waals surface area (Å²) in [5.41, 5.74) is 10.8. The summed E-state index contributed by atoms with van der Waals surface area (Å²) < 4.78 is 0. The Labute approximate surface area is 237 Å². The van der Waals surface area contributed by atoms with E-state index in [0.717, 1.165) is 12.8 Å². The molecule has 0 aromatic heterocycles. The van der Waals surface area contributed by atoms with Crippen molar-refractivity contribution in [3.8, 4) is 0 Å². The Morgan fingerprint density at radius 3 is 1.34 bits per heavy atom. The minimum atomic E-state index is -0.194. The molecule has 0 fully saturated rings. The summed E-state index contributed by atoms with van der Waals surface area (Å²) in [4.78, 5) is 0. The Bertz CT molecular complexity index is 1030. The van der Waals surface area contributed by atoms with Crippen molar-refractivity contribution in [3.05, 3.63) is 106 Å². The number of hydrogen-bond acceptors (Lipinski definition) is 0. The first kappa shape index (κ1) is 32.1. The molecule has 0 bridgehead atoms. The first-order chi connectivity index (χ1) is 16.1. The van der Waals surface area contributed by atoms with Gasteiger partial charge in [-0.3, -0.25) is 12.2 Å². The molecule has 2 aromatic carbocycles. The Morgan fingerprint density at radius 1 is 0.743 bits per heavy atom. The normalized spacial score (nSPS) is 18.0. The van der Waals surface area contributed by atoms with Crippen LogP contribution in [0, 0.1) is 24.0 Å². The third-order valence-corrected chi connectivity index (χ3v) is 5.82. The fourth-order valence-corrected chi connectivity index (χ4v) is 4.21. The average molecular weight is 712 g/mol. The van der Waals surface area contributed by atoms with E-state index in [2.05, 4.69) is 126 Å². The second-order valence-corrected chi connectivity index (χ2v) is 32.2. The van der Waals surface area contributed by atoms with E-state index in [0.29, 0.717) is 11.8 Å². The van der Waals surface area contributed by atoms with E-state index in [1.54, 1.807) is 0 Å². The molecule has 0 N–H and O–H groups in total. The first-order valence-corrected chi connectivity index (χ1v) is 27.1.